The maximum atomic E-state index is 6.81. The molecule has 136 valence electrons. The van der Waals surface area contributed by atoms with Crippen LogP contribution in [-0.2, 0) is 29.9 Å². The van der Waals surface area contributed by atoms with Crippen LogP contribution >= 0.6 is 0 Å². The third kappa shape index (κ3) is 2.90. The summed E-state index contributed by atoms with van der Waals surface area (Å²) in [6.45, 7) is 0.543. The molecule has 2 aliphatic rings. The summed E-state index contributed by atoms with van der Waals surface area (Å²) < 4.78 is 6.31. The molecule has 3 aromatic rings. The van der Waals surface area contributed by atoms with Crippen LogP contribution in [0.5, 0.6) is 0 Å². The SMILES string of the molecule is N[C@@]1(OCc2ccccc2)CCCc2c1ccc1c3c(ccc21)CCC=C3. The molecule has 0 fully saturated rings. The van der Waals surface area contributed by atoms with E-state index in [0.717, 1.165) is 43.2 Å². The average Bonchev–Trinajstić information content (AvgIpc) is 2.73. The molecule has 0 spiro atoms. The summed E-state index contributed by atoms with van der Waals surface area (Å²) in [6, 6.07) is 19.4. The number of ether oxygens (including phenoxy) is 1. The van der Waals surface area contributed by atoms with Gasteiger partial charge >= 0.3 is 0 Å². The van der Waals surface area contributed by atoms with Gasteiger partial charge in [0, 0.05) is 5.56 Å². The van der Waals surface area contributed by atoms with Gasteiger partial charge in [0.25, 0.3) is 0 Å². The van der Waals surface area contributed by atoms with Gasteiger partial charge in [-0.15, -0.1) is 0 Å². The molecule has 2 N–H and O–H groups in total. The molecule has 27 heavy (non-hydrogen) atoms. The normalized spacial score (nSPS) is 21.1. The van der Waals surface area contributed by atoms with Crippen LogP contribution in [0.4, 0.5) is 0 Å². The number of allylic oxidation sites excluding steroid dienone is 1. The first-order valence-corrected chi connectivity index (χ1v) is 9.96. The van der Waals surface area contributed by atoms with E-state index in [1.54, 1.807) is 0 Å². The Labute approximate surface area is 160 Å². The molecule has 0 unspecified atom stereocenters. The molecular weight excluding hydrogens is 330 g/mol. The fourth-order valence-electron chi connectivity index (χ4n) is 4.66. The third-order valence-corrected chi connectivity index (χ3v) is 6.08. The van der Waals surface area contributed by atoms with Crippen molar-refractivity contribution < 1.29 is 4.74 Å². The van der Waals surface area contributed by atoms with Crippen molar-refractivity contribution in [3.05, 3.63) is 88.5 Å². The lowest BCUT2D eigenvalue weighted by Crippen LogP contribution is -2.42. The minimum Gasteiger partial charge on any atom is -0.352 e. The fraction of sp³-hybridized carbons (Fsp3) is 0.280. The maximum Gasteiger partial charge on any atom is 0.143 e. The lowest BCUT2D eigenvalue weighted by atomic mass is 9.80. The van der Waals surface area contributed by atoms with E-state index in [9.17, 15) is 0 Å². The van der Waals surface area contributed by atoms with E-state index >= 15 is 0 Å². The van der Waals surface area contributed by atoms with Gasteiger partial charge < -0.3 is 4.74 Å². The van der Waals surface area contributed by atoms with Gasteiger partial charge in [0.1, 0.15) is 5.72 Å². The predicted octanol–water partition coefficient (Wildman–Crippen LogP) is 5.46. The van der Waals surface area contributed by atoms with Gasteiger partial charge in [-0.3, -0.25) is 5.73 Å². The van der Waals surface area contributed by atoms with Crippen molar-refractivity contribution in [2.45, 2.75) is 44.4 Å². The predicted molar refractivity (Wildman–Crippen MR) is 111 cm³/mol. The molecule has 1 atom stereocenters. The molecule has 0 radical (unpaired) electrons. The Morgan fingerprint density at radius 3 is 2.67 bits per heavy atom. The van der Waals surface area contributed by atoms with Crippen LogP contribution in [-0.4, -0.2) is 0 Å². The van der Waals surface area contributed by atoms with Gasteiger partial charge in [-0.1, -0.05) is 66.7 Å². The molecule has 0 amide bonds. The second kappa shape index (κ2) is 6.63. The lowest BCUT2D eigenvalue weighted by Gasteiger charge is -2.36. The van der Waals surface area contributed by atoms with Crippen molar-refractivity contribution in [2.75, 3.05) is 0 Å². The first-order chi connectivity index (χ1) is 13.2. The second-order valence-corrected chi connectivity index (χ2v) is 7.78. The summed E-state index contributed by atoms with van der Waals surface area (Å²) in [5, 5.41) is 2.70. The molecule has 3 aromatic carbocycles. The highest BCUT2D eigenvalue weighted by atomic mass is 16.5. The van der Waals surface area contributed by atoms with Gasteiger partial charge in [0.15, 0.2) is 0 Å². The standard InChI is InChI=1S/C25H25NO/c26-25(27-17-18-7-2-1-3-8-18)16-6-11-23-22-13-12-19-9-4-5-10-20(19)21(22)14-15-24(23)25/h1-3,5,7-8,10,12-15H,4,6,9,11,16-17,26H2/t25-/m1/s1. The second-order valence-electron chi connectivity index (χ2n) is 7.78. The molecule has 0 heterocycles. The van der Waals surface area contributed by atoms with Crippen molar-refractivity contribution in [3.63, 3.8) is 0 Å². The number of hydrogen-bond acceptors (Lipinski definition) is 2. The third-order valence-electron chi connectivity index (χ3n) is 6.08. The van der Waals surface area contributed by atoms with E-state index in [-0.39, 0.29) is 0 Å². The fourth-order valence-corrected chi connectivity index (χ4v) is 4.66. The molecule has 5 rings (SSSR count). The topological polar surface area (TPSA) is 35.2 Å². The van der Waals surface area contributed by atoms with Gasteiger partial charge in [0.05, 0.1) is 6.61 Å². The van der Waals surface area contributed by atoms with Crippen molar-refractivity contribution in [1.82, 2.24) is 0 Å². The molecule has 0 aliphatic heterocycles. The van der Waals surface area contributed by atoms with E-state index in [1.807, 2.05) is 18.2 Å². The zero-order valence-corrected chi connectivity index (χ0v) is 15.6. The van der Waals surface area contributed by atoms with Crippen LogP contribution in [0.2, 0.25) is 0 Å². The Morgan fingerprint density at radius 2 is 1.78 bits per heavy atom. The zero-order valence-electron chi connectivity index (χ0n) is 15.6. The minimum absolute atomic E-state index is 0.543. The summed E-state index contributed by atoms with van der Waals surface area (Å²) in [5.74, 6) is 0. The van der Waals surface area contributed by atoms with E-state index in [0.29, 0.717) is 6.61 Å². The zero-order chi connectivity index (χ0) is 18.3. The summed E-state index contributed by atoms with van der Waals surface area (Å²) in [6.07, 6.45) is 9.86. The number of aryl methyl sites for hydroxylation is 2. The Balaban J connectivity index is 1.56. The smallest absolute Gasteiger partial charge is 0.143 e. The van der Waals surface area contributed by atoms with E-state index in [4.69, 9.17) is 10.5 Å². The first-order valence-electron chi connectivity index (χ1n) is 9.96. The number of fused-ring (bicyclic) bond motifs is 5. The van der Waals surface area contributed by atoms with Crippen molar-refractivity contribution >= 4 is 16.8 Å². The molecular formula is C25H25NO. The minimum atomic E-state index is -0.705. The lowest BCUT2D eigenvalue weighted by molar-refractivity contribution is -0.0694. The number of benzene rings is 3. The molecule has 0 saturated heterocycles. The molecule has 2 nitrogen and oxygen atoms in total. The summed E-state index contributed by atoms with van der Waals surface area (Å²) >= 11 is 0. The largest absolute Gasteiger partial charge is 0.352 e. The Bertz CT molecular complexity index is 1020. The van der Waals surface area contributed by atoms with Gasteiger partial charge in [0.2, 0.25) is 0 Å². The highest BCUT2D eigenvalue weighted by molar-refractivity contribution is 5.95. The van der Waals surface area contributed by atoms with Crippen LogP contribution in [0, 0.1) is 0 Å². The van der Waals surface area contributed by atoms with Crippen LogP contribution in [0.25, 0.3) is 16.8 Å². The molecule has 2 heteroatoms. The van der Waals surface area contributed by atoms with Gasteiger partial charge in [-0.05, 0) is 65.1 Å². The molecule has 0 bridgehead atoms. The van der Waals surface area contributed by atoms with E-state index < -0.39 is 5.72 Å². The average molecular weight is 355 g/mol. The maximum absolute atomic E-state index is 6.81. The van der Waals surface area contributed by atoms with Gasteiger partial charge in [-0.25, -0.2) is 0 Å². The number of nitrogens with two attached hydrogens (primary N) is 1. The monoisotopic (exact) mass is 355 g/mol. The van der Waals surface area contributed by atoms with Crippen LogP contribution in [0.15, 0.2) is 60.7 Å². The van der Waals surface area contributed by atoms with Crippen molar-refractivity contribution in [2.24, 2.45) is 5.73 Å². The van der Waals surface area contributed by atoms with Crippen LogP contribution in [0.1, 0.15) is 47.1 Å². The van der Waals surface area contributed by atoms with E-state index in [1.165, 1.54) is 27.5 Å². The Kier molecular flexibility index (Phi) is 4.11. The van der Waals surface area contributed by atoms with Crippen LogP contribution in [0.3, 0.4) is 0 Å². The number of rotatable bonds is 3. The quantitative estimate of drug-likeness (QED) is 0.633. The molecule has 0 aromatic heterocycles. The summed E-state index contributed by atoms with van der Waals surface area (Å²) in [4.78, 5) is 0. The summed E-state index contributed by atoms with van der Waals surface area (Å²) in [5.41, 5.74) is 12.7. The first kappa shape index (κ1) is 16.7. The highest BCUT2D eigenvalue weighted by Crippen LogP contribution is 2.40. The van der Waals surface area contributed by atoms with Gasteiger partial charge in [-0.2, -0.15) is 0 Å². The highest BCUT2D eigenvalue weighted by Gasteiger charge is 2.34. The molecule has 0 saturated carbocycles. The molecule has 2 aliphatic carbocycles. The van der Waals surface area contributed by atoms with Crippen LogP contribution < -0.4 is 5.73 Å². The van der Waals surface area contributed by atoms with Crippen molar-refractivity contribution in [3.8, 4) is 0 Å². The van der Waals surface area contributed by atoms with Crippen molar-refractivity contribution in [1.29, 1.82) is 0 Å². The van der Waals surface area contributed by atoms with E-state index in [2.05, 4.69) is 48.6 Å². The Morgan fingerprint density at radius 1 is 0.926 bits per heavy atom. The Hall–Kier alpha value is -2.42. The summed E-state index contributed by atoms with van der Waals surface area (Å²) in [7, 11) is 0. The number of hydrogen-bond donors (Lipinski definition) is 1.